The molecule has 0 aliphatic carbocycles. The van der Waals surface area contributed by atoms with E-state index in [0.29, 0.717) is 31.1 Å². The number of benzene rings is 1. The molecule has 0 fully saturated rings. The molecule has 0 aliphatic heterocycles. The predicted octanol–water partition coefficient (Wildman–Crippen LogP) is 2.32. The van der Waals surface area contributed by atoms with Gasteiger partial charge in [-0.15, -0.1) is 5.10 Å². The quantitative estimate of drug-likeness (QED) is 0.723. The fourth-order valence-electron chi connectivity index (χ4n) is 2.89. The van der Waals surface area contributed by atoms with E-state index in [1.54, 1.807) is 26.0 Å². The van der Waals surface area contributed by atoms with Crippen LogP contribution in [0.15, 0.2) is 18.2 Å². The van der Waals surface area contributed by atoms with Crippen molar-refractivity contribution >= 4 is 5.91 Å². The van der Waals surface area contributed by atoms with Crippen LogP contribution in [0.1, 0.15) is 34.2 Å². The van der Waals surface area contributed by atoms with E-state index in [4.69, 9.17) is 9.47 Å². The van der Waals surface area contributed by atoms with Crippen molar-refractivity contribution in [3.63, 3.8) is 0 Å². The van der Waals surface area contributed by atoms with Crippen LogP contribution in [0, 0.1) is 20.8 Å². The molecule has 1 atom stereocenters. The van der Waals surface area contributed by atoms with Gasteiger partial charge in [0.1, 0.15) is 0 Å². The largest absolute Gasteiger partial charge is 0.383 e. The van der Waals surface area contributed by atoms with Crippen LogP contribution in [0.3, 0.4) is 0 Å². The number of amides is 1. The number of aryl methyl sites for hydroxylation is 3. The third-order valence-electron chi connectivity index (χ3n) is 4.29. The van der Waals surface area contributed by atoms with Crippen LogP contribution in [0.4, 0.5) is 0 Å². The molecule has 0 radical (unpaired) electrons. The maximum Gasteiger partial charge on any atom is 0.276 e. The van der Waals surface area contributed by atoms with Crippen molar-refractivity contribution in [2.24, 2.45) is 0 Å². The fourth-order valence-corrected chi connectivity index (χ4v) is 2.89. The van der Waals surface area contributed by atoms with Gasteiger partial charge in [-0.25, -0.2) is 0 Å². The summed E-state index contributed by atoms with van der Waals surface area (Å²) in [5.41, 5.74) is 4.05. The number of carbonyl (C=O) groups is 1. The van der Waals surface area contributed by atoms with E-state index in [1.165, 1.54) is 10.4 Å². The average Bonchev–Trinajstić information content (AvgIpc) is 2.96. The summed E-state index contributed by atoms with van der Waals surface area (Å²) >= 11 is 0. The lowest BCUT2D eigenvalue weighted by molar-refractivity contribution is 0.0473. The van der Waals surface area contributed by atoms with E-state index < -0.39 is 0 Å². The number of nitrogens with zero attached hydrogens (tertiary/aromatic N) is 4. The maximum atomic E-state index is 13.1. The Balaban J connectivity index is 2.34. The van der Waals surface area contributed by atoms with Gasteiger partial charge in [0.15, 0.2) is 5.69 Å². The van der Waals surface area contributed by atoms with E-state index >= 15 is 0 Å². The topological polar surface area (TPSA) is 69.5 Å². The second-order valence-electron chi connectivity index (χ2n) is 6.51. The lowest BCUT2D eigenvalue weighted by Gasteiger charge is -2.28. The van der Waals surface area contributed by atoms with Gasteiger partial charge in [0, 0.05) is 20.8 Å². The molecule has 1 unspecified atom stereocenters. The zero-order valence-corrected chi connectivity index (χ0v) is 16.4. The molecule has 1 aromatic carbocycles. The first kappa shape index (κ1) is 20.1. The summed E-state index contributed by atoms with van der Waals surface area (Å²) in [5, 5.41) is 8.93. The summed E-state index contributed by atoms with van der Waals surface area (Å²) in [7, 11) is 3.24. The predicted molar refractivity (Wildman–Crippen MR) is 99.8 cm³/mol. The third-order valence-corrected chi connectivity index (χ3v) is 4.29. The normalized spacial score (nSPS) is 12.2. The van der Waals surface area contributed by atoms with E-state index in [0.717, 1.165) is 11.3 Å². The van der Waals surface area contributed by atoms with Gasteiger partial charge in [-0.2, -0.15) is 9.90 Å². The molecule has 1 heterocycles. The zero-order chi connectivity index (χ0) is 19.3. The van der Waals surface area contributed by atoms with E-state index in [9.17, 15) is 4.79 Å². The van der Waals surface area contributed by atoms with Crippen molar-refractivity contribution in [2.75, 3.05) is 34.0 Å². The number of rotatable bonds is 8. The number of carbonyl (C=O) groups excluding carboxylic acids is 1. The van der Waals surface area contributed by atoms with Crippen molar-refractivity contribution in [3.05, 3.63) is 40.7 Å². The molecule has 0 bridgehead atoms. The number of hydrogen-bond acceptors (Lipinski definition) is 5. The Morgan fingerprint density at radius 3 is 2.54 bits per heavy atom. The average molecular weight is 360 g/mol. The van der Waals surface area contributed by atoms with Gasteiger partial charge < -0.3 is 14.4 Å². The molecule has 7 nitrogen and oxygen atoms in total. The second kappa shape index (κ2) is 8.91. The highest BCUT2D eigenvalue weighted by atomic mass is 16.5. The number of methoxy groups -OCH3 is 2. The molecule has 26 heavy (non-hydrogen) atoms. The Morgan fingerprint density at radius 1 is 1.19 bits per heavy atom. The monoisotopic (exact) mass is 360 g/mol. The summed E-state index contributed by atoms with van der Waals surface area (Å²) in [6.07, 6.45) is 0. The lowest BCUT2D eigenvalue weighted by atomic mass is 10.1. The van der Waals surface area contributed by atoms with E-state index in [2.05, 4.69) is 16.3 Å². The van der Waals surface area contributed by atoms with Gasteiger partial charge in [-0.1, -0.05) is 17.7 Å². The van der Waals surface area contributed by atoms with Gasteiger partial charge >= 0.3 is 0 Å². The van der Waals surface area contributed by atoms with Crippen LogP contribution in [-0.4, -0.2) is 65.8 Å². The minimum absolute atomic E-state index is 0.0895. The summed E-state index contributed by atoms with van der Waals surface area (Å²) in [6, 6.07) is 5.96. The van der Waals surface area contributed by atoms with Crippen LogP contribution < -0.4 is 0 Å². The number of ether oxygens (including phenoxy) is 2. The molecule has 0 spiro atoms. The lowest BCUT2D eigenvalue weighted by Crippen LogP contribution is -2.43. The van der Waals surface area contributed by atoms with Gasteiger partial charge in [0.05, 0.1) is 30.6 Å². The van der Waals surface area contributed by atoms with Crippen LogP contribution in [0.5, 0.6) is 0 Å². The van der Waals surface area contributed by atoms with Crippen LogP contribution >= 0.6 is 0 Å². The van der Waals surface area contributed by atoms with Crippen molar-refractivity contribution in [1.29, 1.82) is 0 Å². The van der Waals surface area contributed by atoms with E-state index in [1.807, 2.05) is 32.9 Å². The highest BCUT2D eigenvalue weighted by molar-refractivity contribution is 5.93. The Hall–Kier alpha value is -2.25. The Labute approximate surface area is 154 Å². The highest BCUT2D eigenvalue weighted by Crippen LogP contribution is 2.17. The van der Waals surface area contributed by atoms with Crippen molar-refractivity contribution in [2.45, 2.75) is 33.7 Å². The molecule has 0 aliphatic rings. The fraction of sp³-hybridized carbons (Fsp3) is 0.526. The summed E-state index contributed by atoms with van der Waals surface area (Å²) in [6.45, 7) is 9.16. The van der Waals surface area contributed by atoms with Crippen LogP contribution in [-0.2, 0) is 9.47 Å². The molecule has 142 valence electrons. The molecule has 0 N–H and O–H groups in total. The highest BCUT2D eigenvalue weighted by Gasteiger charge is 2.26. The summed E-state index contributed by atoms with van der Waals surface area (Å²) in [4.78, 5) is 16.3. The Kier molecular flexibility index (Phi) is 6.88. The summed E-state index contributed by atoms with van der Waals surface area (Å²) in [5.74, 6) is -0.167. The van der Waals surface area contributed by atoms with Crippen LogP contribution in [0.2, 0.25) is 0 Å². The third kappa shape index (κ3) is 4.47. The minimum atomic E-state index is -0.167. The van der Waals surface area contributed by atoms with Crippen molar-refractivity contribution < 1.29 is 14.3 Å². The smallest absolute Gasteiger partial charge is 0.276 e. The van der Waals surface area contributed by atoms with Gasteiger partial charge in [-0.05, 0) is 39.3 Å². The van der Waals surface area contributed by atoms with Crippen LogP contribution in [0.25, 0.3) is 5.69 Å². The molecule has 7 heteroatoms. The van der Waals surface area contributed by atoms with Crippen molar-refractivity contribution in [3.8, 4) is 5.69 Å². The Bertz CT molecular complexity index is 757. The molecule has 0 saturated carbocycles. The molecular formula is C19H28N4O3. The van der Waals surface area contributed by atoms with E-state index in [-0.39, 0.29) is 11.9 Å². The maximum absolute atomic E-state index is 13.1. The standard InChI is InChI=1S/C19H28N4O3/c1-13-7-8-17(14(2)11-13)23-20-16(4)18(21-23)19(24)22(9-10-25-5)15(3)12-26-6/h7-8,11,15H,9-10,12H2,1-6H3. The zero-order valence-electron chi connectivity index (χ0n) is 16.4. The molecule has 1 amide bonds. The summed E-state index contributed by atoms with van der Waals surface area (Å²) < 4.78 is 10.3. The Morgan fingerprint density at radius 2 is 1.92 bits per heavy atom. The SMILES string of the molecule is COCCN(C(=O)c1nn(-c2ccc(C)cc2C)nc1C)C(C)COC. The molecule has 2 rings (SSSR count). The first-order valence-corrected chi connectivity index (χ1v) is 8.69. The number of aromatic nitrogens is 3. The minimum Gasteiger partial charge on any atom is -0.383 e. The van der Waals surface area contributed by atoms with Gasteiger partial charge in [0.2, 0.25) is 0 Å². The second-order valence-corrected chi connectivity index (χ2v) is 6.51. The molecule has 1 aromatic heterocycles. The molecular weight excluding hydrogens is 332 g/mol. The first-order valence-electron chi connectivity index (χ1n) is 8.69. The number of hydrogen-bond donors (Lipinski definition) is 0. The molecule has 2 aromatic rings. The van der Waals surface area contributed by atoms with Gasteiger partial charge in [-0.3, -0.25) is 4.79 Å². The van der Waals surface area contributed by atoms with Gasteiger partial charge in [0.25, 0.3) is 5.91 Å². The first-order chi connectivity index (χ1) is 12.4. The van der Waals surface area contributed by atoms with Crippen molar-refractivity contribution in [1.82, 2.24) is 19.9 Å². The molecule has 0 saturated heterocycles.